The summed E-state index contributed by atoms with van der Waals surface area (Å²) in [6.45, 7) is 10.3. The minimum Gasteiger partial charge on any atom is -0.346 e. The third kappa shape index (κ3) is 9.90. The second kappa shape index (κ2) is 18.0. The Morgan fingerprint density at radius 1 is 0.942 bits per heavy atom. The van der Waals surface area contributed by atoms with Crippen LogP contribution in [0.25, 0.3) is 0 Å². The molecule has 286 valence electrons. The Bertz CT molecular complexity index is 1450. The van der Waals surface area contributed by atoms with Gasteiger partial charge in [0.15, 0.2) is 0 Å². The fraction of sp³-hybridized carbons (Fsp3) is 0.700. The summed E-state index contributed by atoms with van der Waals surface area (Å²) in [6.07, 6.45) is 13.2. The molecule has 11 nitrogen and oxygen atoms in total. The van der Waals surface area contributed by atoms with E-state index in [1.807, 2.05) is 11.4 Å². The smallest absolute Gasteiger partial charge is 0.289 e. The largest absolute Gasteiger partial charge is 0.346 e. The first-order valence-corrected chi connectivity index (χ1v) is 20.5. The minimum atomic E-state index is -0.991. The fourth-order valence-corrected chi connectivity index (χ4v) is 9.13. The van der Waals surface area contributed by atoms with Crippen molar-refractivity contribution in [2.45, 2.75) is 135 Å². The molecule has 2 heterocycles. The topological polar surface area (TPSA) is 154 Å². The van der Waals surface area contributed by atoms with E-state index in [1.165, 1.54) is 17.4 Å². The number of nitrogens with one attached hydrogen (secondary N) is 4. The van der Waals surface area contributed by atoms with E-state index in [0.29, 0.717) is 24.3 Å². The molecule has 5 amide bonds. The molecule has 4 aliphatic rings. The van der Waals surface area contributed by atoms with Crippen molar-refractivity contribution in [3.8, 4) is 0 Å². The maximum atomic E-state index is 15.0. The van der Waals surface area contributed by atoms with Crippen molar-refractivity contribution in [1.82, 2.24) is 26.2 Å². The maximum Gasteiger partial charge on any atom is 0.289 e. The number of hydrogen-bond acceptors (Lipinski definition) is 7. The molecular formula is C40H59N5O6S. The van der Waals surface area contributed by atoms with Crippen molar-refractivity contribution in [1.29, 1.82) is 0 Å². The van der Waals surface area contributed by atoms with Gasteiger partial charge in [-0.15, -0.1) is 17.9 Å². The highest BCUT2D eigenvalue weighted by molar-refractivity contribution is 7.12. The van der Waals surface area contributed by atoms with E-state index in [2.05, 4.69) is 48.6 Å². The molecule has 0 spiro atoms. The lowest BCUT2D eigenvalue weighted by Gasteiger charge is -2.43. The first-order valence-electron chi connectivity index (χ1n) is 19.6. The predicted octanol–water partition coefficient (Wildman–Crippen LogP) is 4.91. The molecule has 3 aliphatic carbocycles. The normalized spacial score (nSPS) is 23.6. The average molecular weight is 738 g/mol. The van der Waals surface area contributed by atoms with Crippen molar-refractivity contribution >= 4 is 46.7 Å². The molecule has 1 aromatic heterocycles. The Morgan fingerprint density at radius 2 is 1.63 bits per heavy atom. The number of carbonyl (C=O) groups excluding carboxylic acids is 6. The van der Waals surface area contributed by atoms with Gasteiger partial charge >= 0.3 is 0 Å². The third-order valence-corrected chi connectivity index (χ3v) is 12.9. The van der Waals surface area contributed by atoms with Crippen molar-refractivity contribution in [3.63, 3.8) is 0 Å². The van der Waals surface area contributed by atoms with Crippen molar-refractivity contribution in [3.05, 3.63) is 35.0 Å². The summed E-state index contributed by atoms with van der Waals surface area (Å²) in [5.74, 6) is -2.45. The van der Waals surface area contributed by atoms with E-state index in [-0.39, 0.29) is 47.9 Å². The second-order valence-electron chi connectivity index (χ2n) is 16.3. The summed E-state index contributed by atoms with van der Waals surface area (Å²) < 4.78 is 0. The Kier molecular flexibility index (Phi) is 13.7. The van der Waals surface area contributed by atoms with Gasteiger partial charge in [-0.1, -0.05) is 84.3 Å². The molecule has 1 aliphatic heterocycles. The maximum absolute atomic E-state index is 15.0. The molecule has 1 saturated heterocycles. The van der Waals surface area contributed by atoms with Crippen LogP contribution in [0.15, 0.2) is 30.2 Å². The van der Waals surface area contributed by atoms with Crippen molar-refractivity contribution in [2.75, 3.05) is 13.1 Å². The fourth-order valence-electron chi connectivity index (χ4n) is 8.51. The van der Waals surface area contributed by atoms with Crippen LogP contribution < -0.4 is 21.3 Å². The van der Waals surface area contributed by atoms with Gasteiger partial charge < -0.3 is 26.2 Å². The van der Waals surface area contributed by atoms with Gasteiger partial charge in [0, 0.05) is 13.1 Å². The number of rotatable bonds is 16. The van der Waals surface area contributed by atoms with Gasteiger partial charge in [-0.3, -0.25) is 28.8 Å². The number of thiophene rings is 1. The highest BCUT2D eigenvalue weighted by Gasteiger charge is 2.49. The molecule has 0 aromatic carbocycles. The first-order chi connectivity index (χ1) is 24.9. The van der Waals surface area contributed by atoms with Crippen LogP contribution in [0.4, 0.5) is 0 Å². The highest BCUT2D eigenvalue weighted by Crippen LogP contribution is 2.41. The summed E-state index contributed by atoms with van der Waals surface area (Å²) in [5, 5.41) is 13.5. The third-order valence-electron chi connectivity index (χ3n) is 12.1. The van der Waals surface area contributed by atoms with Crippen molar-refractivity contribution < 1.29 is 28.8 Å². The minimum absolute atomic E-state index is 0.0313. The molecule has 12 heteroatoms. The lowest BCUT2D eigenvalue weighted by molar-refractivity contribution is -0.146. The quantitative estimate of drug-likeness (QED) is 0.140. The number of hydrogen-bond donors (Lipinski definition) is 4. The Balaban J connectivity index is 1.41. The van der Waals surface area contributed by atoms with Crippen LogP contribution in [-0.4, -0.2) is 77.5 Å². The molecule has 4 N–H and O–H groups in total. The van der Waals surface area contributed by atoms with Gasteiger partial charge in [0.2, 0.25) is 23.5 Å². The first kappa shape index (κ1) is 39.7. The molecular weight excluding hydrogens is 679 g/mol. The van der Waals surface area contributed by atoms with E-state index in [4.69, 9.17) is 0 Å². The zero-order chi connectivity index (χ0) is 37.4. The van der Waals surface area contributed by atoms with Crippen LogP contribution >= 0.6 is 11.3 Å². The summed E-state index contributed by atoms with van der Waals surface area (Å²) in [5.41, 5.74) is -0.551. The highest BCUT2D eigenvalue weighted by atomic mass is 32.1. The molecule has 5 atom stereocenters. The van der Waals surface area contributed by atoms with Gasteiger partial charge in [0.05, 0.1) is 10.9 Å². The lowest BCUT2D eigenvalue weighted by Crippen LogP contribution is -2.63. The molecule has 0 bridgehead atoms. The number of ketones is 1. The summed E-state index contributed by atoms with van der Waals surface area (Å²) >= 11 is 1.32. The van der Waals surface area contributed by atoms with Gasteiger partial charge in [0.1, 0.15) is 18.1 Å². The summed E-state index contributed by atoms with van der Waals surface area (Å²) in [6, 6.07) is 0.00713. The number of nitrogens with zero attached hydrogens (tertiary/aromatic N) is 1. The lowest BCUT2D eigenvalue weighted by atomic mass is 9.69. The van der Waals surface area contributed by atoms with E-state index in [0.717, 1.165) is 77.0 Å². The summed E-state index contributed by atoms with van der Waals surface area (Å²) in [7, 11) is 0. The van der Waals surface area contributed by atoms with E-state index in [9.17, 15) is 24.0 Å². The van der Waals surface area contributed by atoms with Crippen LogP contribution in [0.5, 0.6) is 0 Å². The standard InChI is InChI=1S/C40H59N5O6S/c1-5-20-41-38(50)33(46)29(22-26-16-17-26)42-35(47)30-23-28(25(2)3)24-45(30)39(51)34(40(4)18-10-7-11-19-40)44-37(49)32(27-13-8-6-9-14-27)43-36(48)31-15-12-21-52-31/h5,12,15,21,25-30,32,34H,1,6-11,13-14,16-20,22-24H2,2-4H3,(H,41,50)(H,42,47)(H,43,48)(H,44,49)/t28-,29?,30+,32+,34-/m1/s1. The molecule has 3 saturated carbocycles. The SMILES string of the molecule is C=CCNC(=O)C(=O)C(CC1CC1)NC(=O)[C@@H]1C[C@@H](C(C)C)CN1C(=O)[C@@H](NC(=O)[C@@H](NC(=O)c1cccs1)C1CCCCC1)C1(C)CCCCC1. The van der Waals surface area contributed by atoms with Crippen LogP contribution in [0.1, 0.15) is 120 Å². The Hall–Kier alpha value is -3.54. The van der Waals surface area contributed by atoms with E-state index < -0.39 is 47.2 Å². The van der Waals surface area contributed by atoms with Gasteiger partial charge in [0.25, 0.3) is 11.8 Å². The number of Topliss-reactive ketones (excluding diaryl/α,β-unsaturated/α-hetero) is 1. The Labute approximate surface area is 312 Å². The molecule has 4 fully saturated rings. The van der Waals surface area contributed by atoms with Crippen molar-refractivity contribution in [2.24, 2.45) is 29.1 Å². The predicted molar refractivity (Wildman–Crippen MR) is 201 cm³/mol. The number of carbonyl (C=O) groups is 6. The second-order valence-corrected chi connectivity index (χ2v) is 17.3. The number of amides is 5. The van der Waals surface area contributed by atoms with Crippen LogP contribution in [-0.2, 0) is 24.0 Å². The van der Waals surface area contributed by atoms with E-state index >= 15 is 4.79 Å². The zero-order valence-electron chi connectivity index (χ0n) is 31.3. The summed E-state index contributed by atoms with van der Waals surface area (Å²) in [4.78, 5) is 85.1. The monoisotopic (exact) mass is 737 g/mol. The zero-order valence-corrected chi connectivity index (χ0v) is 32.1. The Morgan fingerprint density at radius 3 is 2.25 bits per heavy atom. The number of likely N-dealkylation sites (tertiary alicyclic amines) is 1. The molecule has 1 aromatic rings. The van der Waals surface area contributed by atoms with Gasteiger partial charge in [-0.2, -0.15) is 0 Å². The van der Waals surface area contributed by atoms with Crippen LogP contribution in [0, 0.1) is 29.1 Å². The molecule has 1 unspecified atom stereocenters. The van der Waals surface area contributed by atoms with E-state index in [1.54, 1.807) is 11.0 Å². The molecule has 5 rings (SSSR count). The molecule has 0 radical (unpaired) electrons. The van der Waals surface area contributed by atoms with Crippen LogP contribution in [0.3, 0.4) is 0 Å². The average Bonchev–Trinajstić information content (AvgIpc) is 3.57. The van der Waals surface area contributed by atoms with Gasteiger partial charge in [-0.25, -0.2) is 0 Å². The van der Waals surface area contributed by atoms with Gasteiger partial charge in [-0.05, 0) is 79.1 Å². The molecule has 52 heavy (non-hydrogen) atoms. The van der Waals surface area contributed by atoms with Crippen LogP contribution in [0.2, 0.25) is 0 Å².